The molecule has 148 valence electrons. The minimum Gasteiger partial charge on any atom is -0.256 e. The van der Waals surface area contributed by atoms with Crippen molar-refractivity contribution in [3.8, 4) is 11.3 Å². The van der Waals surface area contributed by atoms with Crippen LogP contribution in [0.25, 0.3) is 31.4 Å². The van der Waals surface area contributed by atoms with Crippen LogP contribution in [0.3, 0.4) is 0 Å². The number of pyridine rings is 1. The van der Waals surface area contributed by atoms with Crippen molar-refractivity contribution in [3.05, 3.63) is 60.3 Å². The van der Waals surface area contributed by atoms with Crippen molar-refractivity contribution in [3.63, 3.8) is 0 Å². The number of aromatic nitrogens is 1. The molecule has 0 aliphatic heterocycles. The van der Waals surface area contributed by atoms with Crippen LogP contribution in [-0.2, 0) is 0 Å². The van der Waals surface area contributed by atoms with Crippen LogP contribution in [0, 0.1) is 0 Å². The number of hydrogen-bond acceptors (Lipinski definition) is 2. The lowest BCUT2D eigenvalue weighted by Crippen LogP contribution is -2.37. The van der Waals surface area contributed by atoms with Gasteiger partial charge < -0.3 is 0 Å². The van der Waals surface area contributed by atoms with Gasteiger partial charge in [-0.25, -0.2) is 0 Å². The molecule has 5 rings (SSSR count). The Morgan fingerprint density at radius 2 is 1.72 bits per heavy atom. The van der Waals surface area contributed by atoms with E-state index in [4.69, 9.17) is 4.98 Å². The van der Waals surface area contributed by atoms with E-state index in [9.17, 15) is 0 Å². The van der Waals surface area contributed by atoms with E-state index < -0.39 is 8.07 Å². The van der Waals surface area contributed by atoms with E-state index in [2.05, 4.69) is 68.2 Å². The maximum Gasteiger partial charge on any atom is 0.0776 e. The van der Waals surface area contributed by atoms with Gasteiger partial charge in [-0.15, -0.1) is 11.3 Å². The minimum absolute atomic E-state index is 0.714. The average Bonchev–Trinajstić information content (AvgIpc) is 3.12. The van der Waals surface area contributed by atoms with Crippen LogP contribution in [0.5, 0.6) is 0 Å². The molecule has 2 aromatic carbocycles. The molecule has 1 saturated carbocycles. The quantitative estimate of drug-likeness (QED) is 0.312. The number of benzene rings is 2. The Morgan fingerprint density at radius 1 is 0.897 bits per heavy atom. The van der Waals surface area contributed by atoms with Crippen LogP contribution in [-0.4, -0.2) is 13.1 Å². The van der Waals surface area contributed by atoms with Crippen LogP contribution in [0.15, 0.2) is 54.7 Å². The highest BCUT2D eigenvalue weighted by Crippen LogP contribution is 2.40. The van der Waals surface area contributed by atoms with Crippen molar-refractivity contribution in [1.29, 1.82) is 0 Å². The zero-order chi connectivity index (χ0) is 20.0. The molecule has 0 N–H and O–H groups in total. The fourth-order valence-electron chi connectivity index (χ4n) is 4.75. The van der Waals surface area contributed by atoms with Gasteiger partial charge >= 0.3 is 0 Å². The Balaban J connectivity index is 1.64. The predicted octanol–water partition coefficient (Wildman–Crippen LogP) is 7.71. The van der Waals surface area contributed by atoms with Crippen molar-refractivity contribution < 1.29 is 0 Å². The first kappa shape index (κ1) is 19.0. The summed E-state index contributed by atoms with van der Waals surface area (Å²) in [5.41, 5.74) is 3.90. The Kier molecular flexibility index (Phi) is 4.83. The molecular weight excluding hydrogens is 386 g/mol. The molecule has 0 spiro atoms. The molecule has 0 atom stereocenters. The molecule has 1 aliphatic rings. The maximum atomic E-state index is 4.80. The fourth-order valence-corrected chi connectivity index (χ4v) is 7.28. The molecule has 2 aromatic heterocycles. The molecule has 1 aliphatic carbocycles. The number of thiophene rings is 1. The van der Waals surface area contributed by atoms with Gasteiger partial charge in [0.15, 0.2) is 0 Å². The summed E-state index contributed by atoms with van der Waals surface area (Å²) in [6.07, 6.45) is 8.82. The largest absolute Gasteiger partial charge is 0.256 e. The summed E-state index contributed by atoms with van der Waals surface area (Å²) in [5.74, 6) is 0.714. The second kappa shape index (κ2) is 7.37. The van der Waals surface area contributed by atoms with Gasteiger partial charge in [-0.05, 0) is 42.5 Å². The Bertz CT molecular complexity index is 1180. The second-order valence-electron chi connectivity index (χ2n) is 9.55. The molecule has 4 aromatic rings. The molecule has 0 amide bonds. The van der Waals surface area contributed by atoms with Crippen molar-refractivity contribution >= 4 is 44.8 Å². The summed E-state index contributed by atoms with van der Waals surface area (Å²) in [7, 11) is -1.31. The molecule has 0 saturated heterocycles. The normalized spacial score (nSPS) is 16.0. The zero-order valence-corrected chi connectivity index (χ0v) is 19.5. The Hall–Kier alpha value is -1.97. The van der Waals surface area contributed by atoms with E-state index >= 15 is 0 Å². The molecule has 1 nitrogen and oxygen atoms in total. The highest BCUT2D eigenvalue weighted by atomic mass is 32.1. The molecule has 0 radical (unpaired) electrons. The van der Waals surface area contributed by atoms with E-state index in [0.717, 1.165) is 5.69 Å². The van der Waals surface area contributed by atoms with Crippen molar-refractivity contribution in [2.75, 3.05) is 0 Å². The van der Waals surface area contributed by atoms with Crippen LogP contribution in [0.2, 0.25) is 19.6 Å². The van der Waals surface area contributed by atoms with E-state index in [1.165, 1.54) is 68.6 Å². The van der Waals surface area contributed by atoms with Gasteiger partial charge in [0.25, 0.3) is 0 Å². The highest BCUT2D eigenvalue weighted by Gasteiger charge is 2.19. The third-order valence-corrected chi connectivity index (χ3v) is 9.75. The first-order valence-electron chi connectivity index (χ1n) is 10.9. The first-order valence-corrected chi connectivity index (χ1v) is 15.2. The average molecular weight is 416 g/mol. The monoisotopic (exact) mass is 415 g/mol. The third-order valence-electron chi connectivity index (χ3n) is 6.50. The third kappa shape index (κ3) is 3.55. The minimum atomic E-state index is -1.31. The molecule has 1 fully saturated rings. The van der Waals surface area contributed by atoms with Gasteiger partial charge in [-0.3, -0.25) is 4.98 Å². The molecule has 29 heavy (non-hydrogen) atoms. The van der Waals surface area contributed by atoms with E-state index in [-0.39, 0.29) is 0 Å². The summed E-state index contributed by atoms with van der Waals surface area (Å²) < 4.78 is 2.79. The van der Waals surface area contributed by atoms with E-state index in [1.54, 1.807) is 0 Å². The molecule has 0 unspecified atom stereocenters. The first-order chi connectivity index (χ1) is 14.0. The standard InChI is InChI=1S/C26H29NSSi/c1-29(2,3)20-12-13-21-22-10-7-11-23(26(22)28-25(21)17-20)24-16-19(14-15-27-24)18-8-5-4-6-9-18/h7,10-18H,4-6,8-9H2,1-3H3. The topological polar surface area (TPSA) is 12.9 Å². The van der Waals surface area contributed by atoms with Crippen molar-refractivity contribution in [2.24, 2.45) is 0 Å². The lowest BCUT2D eigenvalue weighted by molar-refractivity contribution is 0.443. The van der Waals surface area contributed by atoms with Gasteiger partial charge in [-0.2, -0.15) is 0 Å². The van der Waals surface area contributed by atoms with Gasteiger partial charge in [0, 0.05) is 31.9 Å². The number of rotatable bonds is 3. The highest BCUT2D eigenvalue weighted by molar-refractivity contribution is 7.26. The SMILES string of the molecule is C[Si](C)(C)c1ccc2c(c1)sc1c(-c3cc(C4CCCCC4)ccn3)cccc12. The Labute approximate surface area is 178 Å². The lowest BCUT2D eigenvalue weighted by Gasteiger charge is -2.22. The summed E-state index contributed by atoms with van der Waals surface area (Å²) >= 11 is 1.94. The van der Waals surface area contributed by atoms with E-state index in [0.29, 0.717) is 5.92 Å². The van der Waals surface area contributed by atoms with Gasteiger partial charge in [0.1, 0.15) is 0 Å². The summed E-state index contributed by atoms with van der Waals surface area (Å²) in [6, 6.07) is 18.5. The predicted molar refractivity (Wildman–Crippen MR) is 131 cm³/mol. The van der Waals surface area contributed by atoms with Gasteiger partial charge in [0.05, 0.1) is 13.8 Å². The molecule has 2 heterocycles. The summed E-state index contributed by atoms with van der Waals surface area (Å²) in [5, 5.41) is 4.29. The van der Waals surface area contributed by atoms with Crippen LogP contribution < -0.4 is 5.19 Å². The van der Waals surface area contributed by atoms with Crippen LogP contribution in [0.1, 0.15) is 43.6 Å². The zero-order valence-electron chi connectivity index (χ0n) is 17.7. The smallest absolute Gasteiger partial charge is 0.0776 e. The molecular formula is C26H29NSSi. The van der Waals surface area contributed by atoms with Gasteiger partial charge in [0.2, 0.25) is 0 Å². The lowest BCUT2D eigenvalue weighted by atomic mass is 9.84. The number of hydrogen-bond donors (Lipinski definition) is 0. The summed E-state index contributed by atoms with van der Waals surface area (Å²) in [6.45, 7) is 7.27. The fraction of sp³-hybridized carbons (Fsp3) is 0.346. The second-order valence-corrected chi connectivity index (χ2v) is 15.7. The summed E-state index contributed by atoms with van der Waals surface area (Å²) in [4.78, 5) is 4.80. The number of fused-ring (bicyclic) bond motifs is 3. The van der Waals surface area contributed by atoms with Gasteiger partial charge in [-0.1, -0.05) is 74.4 Å². The van der Waals surface area contributed by atoms with Crippen LogP contribution in [0.4, 0.5) is 0 Å². The van der Waals surface area contributed by atoms with Crippen LogP contribution >= 0.6 is 11.3 Å². The molecule has 0 bridgehead atoms. The van der Waals surface area contributed by atoms with E-state index in [1.807, 2.05) is 17.5 Å². The Morgan fingerprint density at radius 3 is 2.52 bits per heavy atom. The van der Waals surface area contributed by atoms with Crippen molar-refractivity contribution in [1.82, 2.24) is 4.98 Å². The maximum absolute atomic E-state index is 4.80. The molecule has 3 heteroatoms. The van der Waals surface area contributed by atoms with Crippen molar-refractivity contribution in [2.45, 2.75) is 57.7 Å². The number of nitrogens with zero attached hydrogens (tertiary/aromatic N) is 1.